The zero-order valence-electron chi connectivity index (χ0n) is 6.77. The standard InChI is InChI=1S/C10H10N2/c1-2-4-8(10-6-12-10)7(3-1)9-5-11-9/h1-4,9-10H,5-6H2. The Labute approximate surface area is 72.0 Å². The van der Waals surface area contributed by atoms with E-state index in [1.165, 1.54) is 11.1 Å². The number of nitrogens with zero attached hydrogens (tertiary/aromatic N) is 2. The second-order valence-corrected chi connectivity index (χ2v) is 3.39. The van der Waals surface area contributed by atoms with Gasteiger partial charge >= 0.3 is 0 Å². The third-order valence-electron chi connectivity index (χ3n) is 2.44. The van der Waals surface area contributed by atoms with Crippen molar-refractivity contribution in [2.45, 2.75) is 12.1 Å². The maximum atomic E-state index is 4.30. The molecule has 0 N–H and O–H groups in total. The van der Waals surface area contributed by atoms with Crippen LogP contribution in [0.4, 0.5) is 0 Å². The molecule has 0 amide bonds. The zero-order valence-corrected chi connectivity index (χ0v) is 6.77. The van der Waals surface area contributed by atoms with Crippen molar-refractivity contribution in [3.8, 4) is 0 Å². The molecule has 2 aliphatic rings. The van der Waals surface area contributed by atoms with Gasteiger partial charge in [0, 0.05) is 13.1 Å². The molecule has 0 aromatic heterocycles. The van der Waals surface area contributed by atoms with Crippen molar-refractivity contribution in [2.24, 2.45) is 0 Å². The molecule has 2 heteroatoms. The van der Waals surface area contributed by atoms with Crippen LogP contribution in [0.3, 0.4) is 0 Å². The highest BCUT2D eigenvalue weighted by Crippen LogP contribution is 2.34. The number of rotatable bonds is 2. The van der Waals surface area contributed by atoms with E-state index in [0.29, 0.717) is 12.1 Å². The van der Waals surface area contributed by atoms with Gasteiger partial charge in [-0.3, -0.25) is 0 Å². The van der Waals surface area contributed by atoms with Gasteiger partial charge < -0.3 is 0 Å². The summed E-state index contributed by atoms with van der Waals surface area (Å²) in [6.45, 7) is 2.04. The highest BCUT2D eigenvalue weighted by Gasteiger charge is 2.33. The van der Waals surface area contributed by atoms with Gasteiger partial charge in [0.15, 0.2) is 0 Å². The van der Waals surface area contributed by atoms with Crippen LogP contribution in [0.25, 0.3) is 0 Å². The molecule has 2 nitrogen and oxygen atoms in total. The van der Waals surface area contributed by atoms with E-state index in [1.807, 2.05) is 0 Å². The van der Waals surface area contributed by atoms with Crippen LogP contribution < -0.4 is 10.6 Å². The average Bonchev–Trinajstić information content (AvgIpc) is 2.99. The smallest absolute Gasteiger partial charge is 0.0641 e. The maximum Gasteiger partial charge on any atom is 0.0641 e. The summed E-state index contributed by atoms with van der Waals surface area (Å²) in [7, 11) is 0. The summed E-state index contributed by atoms with van der Waals surface area (Å²) in [6.07, 6.45) is 0. The third-order valence-corrected chi connectivity index (χ3v) is 2.44. The predicted molar refractivity (Wildman–Crippen MR) is 45.9 cm³/mol. The predicted octanol–water partition coefficient (Wildman–Crippen LogP) is 1.00. The van der Waals surface area contributed by atoms with E-state index < -0.39 is 0 Å². The zero-order chi connectivity index (χ0) is 7.97. The molecule has 60 valence electrons. The quantitative estimate of drug-likeness (QED) is 0.574. The van der Waals surface area contributed by atoms with Crippen LogP contribution in [0, 0.1) is 0 Å². The van der Waals surface area contributed by atoms with Crippen LogP contribution >= 0.6 is 0 Å². The van der Waals surface area contributed by atoms with Crippen LogP contribution in [0.5, 0.6) is 0 Å². The first-order chi connectivity index (χ1) is 5.95. The molecule has 2 heterocycles. The van der Waals surface area contributed by atoms with Crippen LogP contribution in [-0.2, 0) is 0 Å². The van der Waals surface area contributed by atoms with Gasteiger partial charge in [0.25, 0.3) is 0 Å². The van der Waals surface area contributed by atoms with Crippen molar-refractivity contribution < 1.29 is 0 Å². The molecule has 0 aliphatic carbocycles. The minimum Gasteiger partial charge on any atom is -0.230 e. The second-order valence-electron chi connectivity index (χ2n) is 3.39. The maximum absolute atomic E-state index is 4.30. The average molecular weight is 158 g/mol. The summed E-state index contributed by atoms with van der Waals surface area (Å²) in [6, 6.07) is 9.55. The lowest BCUT2D eigenvalue weighted by Crippen LogP contribution is -1.91. The fourth-order valence-corrected chi connectivity index (χ4v) is 1.62. The summed E-state index contributed by atoms with van der Waals surface area (Å²) < 4.78 is 0. The van der Waals surface area contributed by atoms with Gasteiger partial charge in [-0.2, -0.15) is 0 Å². The van der Waals surface area contributed by atoms with Crippen molar-refractivity contribution in [1.82, 2.24) is 10.6 Å². The van der Waals surface area contributed by atoms with Crippen LogP contribution in [-0.4, -0.2) is 13.1 Å². The molecule has 1 aromatic carbocycles. The molecule has 3 rings (SSSR count). The summed E-state index contributed by atoms with van der Waals surface area (Å²) in [5.74, 6) is 0. The lowest BCUT2D eigenvalue weighted by molar-refractivity contribution is 0.974. The Kier molecular flexibility index (Phi) is 1.28. The van der Waals surface area contributed by atoms with E-state index in [9.17, 15) is 0 Å². The second kappa shape index (κ2) is 2.31. The van der Waals surface area contributed by atoms with Gasteiger partial charge in [-0.25, -0.2) is 10.6 Å². The topological polar surface area (TPSA) is 28.2 Å². The minimum absolute atomic E-state index is 0.497. The van der Waals surface area contributed by atoms with Crippen LogP contribution in [0.1, 0.15) is 23.2 Å². The molecule has 2 saturated heterocycles. The van der Waals surface area contributed by atoms with E-state index in [4.69, 9.17) is 0 Å². The normalized spacial score (nSPS) is 31.7. The first kappa shape index (κ1) is 6.63. The lowest BCUT2D eigenvalue weighted by atomic mass is 10.0. The minimum atomic E-state index is 0.497. The molecule has 0 spiro atoms. The Morgan fingerprint density at radius 2 is 1.33 bits per heavy atom. The van der Waals surface area contributed by atoms with Crippen molar-refractivity contribution in [1.29, 1.82) is 0 Å². The Balaban J connectivity index is 2.02. The van der Waals surface area contributed by atoms with Gasteiger partial charge in [-0.05, 0) is 11.1 Å². The third kappa shape index (κ3) is 1.04. The lowest BCUT2D eigenvalue weighted by Gasteiger charge is -2.03. The van der Waals surface area contributed by atoms with E-state index in [1.54, 1.807) is 0 Å². The van der Waals surface area contributed by atoms with E-state index >= 15 is 0 Å². The van der Waals surface area contributed by atoms with Crippen molar-refractivity contribution in [3.05, 3.63) is 35.4 Å². The monoisotopic (exact) mass is 158 g/mol. The Bertz CT molecular complexity index is 269. The van der Waals surface area contributed by atoms with Crippen LogP contribution in [0.15, 0.2) is 24.3 Å². The molecule has 12 heavy (non-hydrogen) atoms. The molecule has 0 saturated carbocycles. The SMILES string of the molecule is c1ccc(C2C[N]2)c(C2C[N]2)c1. The van der Waals surface area contributed by atoms with Gasteiger partial charge in [-0.15, -0.1) is 0 Å². The van der Waals surface area contributed by atoms with Crippen molar-refractivity contribution >= 4 is 0 Å². The van der Waals surface area contributed by atoms with E-state index in [0.717, 1.165) is 13.1 Å². The molecular formula is C10H10N2. The molecule has 2 unspecified atom stereocenters. The van der Waals surface area contributed by atoms with Crippen molar-refractivity contribution in [3.63, 3.8) is 0 Å². The molecule has 2 fully saturated rings. The molecule has 1 aromatic rings. The van der Waals surface area contributed by atoms with E-state index in [2.05, 4.69) is 34.9 Å². The first-order valence-electron chi connectivity index (χ1n) is 4.37. The summed E-state index contributed by atoms with van der Waals surface area (Å²) >= 11 is 0. The molecule has 0 bridgehead atoms. The largest absolute Gasteiger partial charge is 0.230 e. The Hall–Kier alpha value is -0.860. The molecule has 2 aliphatic heterocycles. The molecule has 2 radical (unpaired) electrons. The molecular weight excluding hydrogens is 148 g/mol. The Morgan fingerprint density at radius 3 is 1.67 bits per heavy atom. The van der Waals surface area contributed by atoms with Gasteiger partial charge in [0.05, 0.1) is 12.1 Å². The number of hydrogen-bond acceptors (Lipinski definition) is 0. The summed E-state index contributed by atoms with van der Waals surface area (Å²) in [4.78, 5) is 0. The van der Waals surface area contributed by atoms with Gasteiger partial charge in [-0.1, -0.05) is 24.3 Å². The van der Waals surface area contributed by atoms with Crippen molar-refractivity contribution in [2.75, 3.05) is 13.1 Å². The highest BCUT2D eigenvalue weighted by atomic mass is 15.1. The van der Waals surface area contributed by atoms with Gasteiger partial charge in [0.2, 0.25) is 0 Å². The fourth-order valence-electron chi connectivity index (χ4n) is 1.62. The fraction of sp³-hybridized carbons (Fsp3) is 0.400. The van der Waals surface area contributed by atoms with Crippen LogP contribution in [0.2, 0.25) is 0 Å². The Morgan fingerprint density at radius 1 is 0.917 bits per heavy atom. The number of hydrogen-bond donors (Lipinski definition) is 0. The number of benzene rings is 1. The summed E-state index contributed by atoms with van der Waals surface area (Å²) in [5, 5.41) is 8.60. The summed E-state index contributed by atoms with van der Waals surface area (Å²) in [5.41, 5.74) is 2.81. The van der Waals surface area contributed by atoms with E-state index in [-0.39, 0.29) is 0 Å². The van der Waals surface area contributed by atoms with Gasteiger partial charge in [0.1, 0.15) is 0 Å². The first-order valence-corrected chi connectivity index (χ1v) is 4.37. The highest BCUT2D eigenvalue weighted by molar-refractivity contribution is 5.37. The molecule has 2 atom stereocenters.